The molecule has 0 spiro atoms. The van der Waals surface area contributed by atoms with Crippen molar-refractivity contribution in [2.24, 2.45) is 9.98 Å². The third kappa shape index (κ3) is 1.56. The first-order valence-electron chi connectivity index (χ1n) is 4.49. The second-order valence-corrected chi connectivity index (χ2v) is 4.08. The molecule has 0 saturated carbocycles. The molecule has 6 nitrogen and oxygen atoms in total. The molecule has 0 aromatic rings. The van der Waals surface area contributed by atoms with Gasteiger partial charge in [0.2, 0.25) is 0 Å². The highest BCUT2D eigenvalue weighted by molar-refractivity contribution is 9.09. The molecule has 2 aliphatic heterocycles. The molecular weight excluding hydrogens is 264 g/mol. The molecule has 80 valence electrons. The molecule has 15 heavy (non-hydrogen) atoms. The van der Waals surface area contributed by atoms with Crippen molar-refractivity contribution in [1.29, 1.82) is 0 Å². The van der Waals surface area contributed by atoms with E-state index >= 15 is 0 Å². The summed E-state index contributed by atoms with van der Waals surface area (Å²) in [5.74, 6) is -0.0723. The van der Waals surface area contributed by atoms with Crippen LogP contribution in [0.4, 0.5) is 4.79 Å². The predicted octanol–water partition coefficient (Wildman–Crippen LogP) is 0.180. The van der Waals surface area contributed by atoms with Gasteiger partial charge < -0.3 is 0 Å². The number of urea groups is 1. The van der Waals surface area contributed by atoms with E-state index in [4.69, 9.17) is 0 Å². The Labute approximate surface area is 94.4 Å². The number of amides is 3. The summed E-state index contributed by atoms with van der Waals surface area (Å²) >= 11 is 3.29. The number of carbonyl (C=O) groups excluding carboxylic acids is 2. The van der Waals surface area contributed by atoms with Crippen LogP contribution in [-0.4, -0.2) is 35.0 Å². The Morgan fingerprint density at radius 2 is 2.20 bits per heavy atom. The van der Waals surface area contributed by atoms with Crippen LogP contribution in [0.1, 0.15) is 12.8 Å². The van der Waals surface area contributed by atoms with Crippen molar-refractivity contribution in [2.45, 2.75) is 18.4 Å². The van der Waals surface area contributed by atoms with Crippen molar-refractivity contribution >= 4 is 40.0 Å². The third-order valence-corrected chi connectivity index (χ3v) is 2.92. The Morgan fingerprint density at radius 3 is 2.93 bits per heavy atom. The Kier molecular flexibility index (Phi) is 2.56. The molecule has 7 heteroatoms. The summed E-state index contributed by atoms with van der Waals surface area (Å²) in [6, 6.07) is -0.543. The number of nitrogens with zero attached hydrogens (tertiary/aromatic N) is 2. The molecule has 1 fully saturated rings. The van der Waals surface area contributed by atoms with Crippen molar-refractivity contribution in [3.8, 4) is 0 Å². The van der Waals surface area contributed by atoms with Crippen LogP contribution in [0.3, 0.4) is 0 Å². The normalized spacial score (nSPS) is 28.2. The van der Waals surface area contributed by atoms with Gasteiger partial charge in [0.05, 0.1) is 0 Å². The lowest BCUT2D eigenvalue weighted by Gasteiger charge is -2.30. The van der Waals surface area contributed by atoms with E-state index in [1.54, 1.807) is 0 Å². The lowest BCUT2D eigenvalue weighted by molar-refractivity contribution is -0.123. The highest BCUT2D eigenvalue weighted by Gasteiger charge is 2.49. The summed E-state index contributed by atoms with van der Waals surface area (Å²) in [5.41, 5.74) is -1.01. The van der Waals surface area contributed by atoms with Gasteiger partial charge in [0.25, 0.3) is 5.91 Å². The number of amidine groups is 1. The average Bonchev–Trinajstić information content (AvgIpc) is 2.59. The summed E-state index contributed by atoms with van der Waals surface area (Å²) in [5, 5.41) is 5.48. The summed E-state index contributed by atoms with van der Waals surface area (Å²) < 4.78 is 0. The van der Waals surface area contributed by atoms with E-state index in [2.05, 4.69) is 36.5 Å². The molecule has 1 atom stereocenters. The van der Waals surface area contributed by atoms with Crippen LogP contribution >= 0.6 is 15.9 Å². The summed E-state index contributed by atoms with van der Waals surface area (Å²) in [6.07, 6.45) is 2.62. The molecule has 2 aliphatic rings. The van der Waals surface area contributed by atoms with Crippen LogP contribution in [0.25, 0.3) is 0 Å². The zero-order chi connectivity index (χ0) is 10.9. The maximum Gasteiger partial charge on any atom is 0.326 e. The van der Waals surface area contributed by atoms with Gasteiger partial charge in [-0.05, 0) is 12.8 Å². The minimum absolute atomic E-state index is 0.331. The highest BCUT2D eigenvalue weighted by Crippen LogP contribution is 2.25. The van der Waals surface area contributed by atoms with E-state index in [-0.39, 0.29) is 0 Å². The Bertz CT molecular complexity index is 379. The number of halogens is 1. The standard InChI is InChI=1S/C8H9BrN4O2/c9-3-1-2-8-5(10-4-11-8)12-7(15)13-6(8)14/h4H,1-3H2,(H2,10,11,12,13,14,15). The predicted molar refractivity (Wildman–Crippen MR) is 58.4 cm³/mol. The molecule has 1 unspecified atom stereocenters. The molecule has 2 N–H and O–H groups in total. The van der Waals surface area contributed by atoms with Gasteiger partial charge in [-0.25, -0.2) is 14.8 Å². The molecule has 0 aliphatic carbocycles. The van der Waals surface area contributed by atoms with E-state index in [0.717, 1.165) is 11.8 Å². The number of carbonyl (C=O) groups is 2. The SMILES string of the molecule is O=C1NC(=O)C2(CCCBr)N=CN=C2N1. The van der Waals surface area contributed by atoms with E-state index in [9.17, 15) is 9.59 Å². The molecule has 0 bridgehead atoms. The first-order chi connectivity index (χ1) is 7.19. The van der Waals surface area contributed by atoms with Gasteiger partial charge in [0.15, 0.2) is 5.54 Å². The van der Waals surface area contributed by atoms with Crippen molar-refractivity contribution in [3.05, 3.63) is 0 Å². The fourth-order valence-electron chi connectivity index (χ4n) is 1.62. The Hall–Kier alpha value is -1.24. The van der Waals surface area contributed by atoms with Crippen molar-refractivity contribution in [3.63, 3.8) is 0 Å². The summed E-state index contributed by atoms with van der Waals surface area (Å²) in [4.78, 5) is 30.7. The van der Waals surface area contributed by atoms with Crippen molar-refractivity contribution in [1.82, 2.24) is 10.6 Å². The van der Waals surface area contributed by atoms with Crippen molar-refractivity contribution < 1.29 is 9.59 Å². The van der Waals surface area contributed by atoms with E-state index < -0.39 is 17.5 Å². The number of rotatable bonds is 3. The lowest BCUT2D eigenvalue weighted by atomic mass is 9.91. The zero-order valence-electron chi connectivity index (χ0n) is 7.79. The van der Waals surface area contributed by atoms with Crippen molar-refractivity contribution in [2.75, 3.05) is 5.33 Å². The molecule has 0 radical (unpaired) electrons. The number of aliphatic imine (C=N–C) groups is 2. The van der Waals surface area contributed by atoms with Crippen LogP contribution in [0.2, 0.25) is 0 Å². The van der Waals surface area contributed by atoms with Gasteiger partial charge >= 0.3 is 6.03 Å². The number of hydrogen-bond acceptors (Lipinski definition) is 4. The first-order valence-corrected chi connectivity index (χ1v) is 5.61. The molecule has 2 heterocycles. The number of fused-ring (bicyclic) bond motifs is 1. The Morgan fingerprint density at radius 1 is 1.40 bits per heavy atom. The highest BCUT2D eigenvalue weighted by atomic mass is 79.9. The first kappa shape index (κ1) is 10.3. The van der Waals surface area contributed by atoms with Gasteiger partial charge in [-0.2, -0.15) is 0 Å². The number of alkyl halides is 1. The molecular formula is C8H9BrN4O2. The van der Waals surface area contributed by atoms with Gasteiger partial charge in [-0.15, -0.1) is 0 Å². The average molecular weight is 273 g/mol. The zero-order valence-corrected chi connectivity index (χ0v) is 9.37. The Balaban J connectivity index is 2.27. The summed E-state index contributed by atoms with van der Waals surface area (Å²) in [7, 11) is 0. The smallest absolute Gasteiger partial charge is 0.293 e. The number of nitrogens with one attached hydrogen (secondary N) is 2. The van der Waals surface area contributed by atoms with E-state index in [1.807, 2.05) is 0 Å². The van der Waals surface area contributed by atoms with E-state index in [1.165, 1.54) is 6.34 Å². The molecule has 3 amide bonds. The van der Waals surface area contributed by atoms with Crippen LogP contribution < -0.4 is 10.6 Å². The van der Waals surface area contributed by atoms with Crippen LogP contribution in [0.5, 0.6) is 0 Å². The van der Waals surface area contributed by atoms with Gasteiger partial charge in [0, 0.05) is 5.33 Å². The molecule has 0 aromatic heterocycles. The van der Waals surface area contributed by atoms with Crippen LogP contribution in [-0.2, 0) is 4.79 Å². The molecule has 1 saturated heterocycles. The number of imide groups is 1. The topological polar surface area (TPSA) is 82.9 Å². The second kappa shape index (κ2) is 3.73. The third-order valence-electron chi connectivity index (χ3n) is 2.36. The van der Waals surface area contributed by atoms with Gasteiger partial charge in [-0.3, -0.25) is 15.4 Å². The van der Waals surface area contributed by atoms with E-state index in [0.29, 0.717) is 12.3 Å². The molecule has 0 aromatic carbocycles. The fourth-order valence-corrected chi connectivity index (χ4v) is 1.90. The summed E-state index contributed by atoms with van der Waals surface area (Å²) in [6.45, 7) is 0. The maximum absolute atomic E-state index is 11.7. The van der Waals surface area contributed by atoms with Crippen LogP contribution in [0, 0.1) is 0 Å². The lowest BCUT2D eigenvalue weighted by Crippen LogP contribution is -2.64. The minimum atomic E-state index is -1.01. The quantitative estimate of drug-likeness (QED) is 0.719. The monoisotopic (exact) mass is 272 g/mol. The van der Waals surface area contributed by atoms with Gasteiger partial charge in [0.1, 0.15) is 12.2 Å². The maximum atomic E-state index is 11.7. The minimum Gasteiger partial charge on any atom is -0.293 e. The largest absolute Gasteiger partial charge is 0.326 e. The van der Waals surface area contributed by atoms with Crippen LogP contribution in [0.15, 0.2) is 9.98 Å². The number of hydrogen-bond donors (Lipinski definition) is 2. The second-order valence-electron chi connectivity index (χ2n) is 3.28. The van der Waals surface area contributed by atoms with Gasteiger partial charge in [-0.1, -0.05) is 15.9 Å². The molecule has 2 rings (SSSR count). The fraction of sp³-hybridized carbons (Fsp3) is 0.500.